The highest BCUT2D eigenvalue weighted by atomic mass is 32.2. The zero-order valence-corrected chi connectivity index (χ0v) is 13.7. The van der Waals surface area contributed by atoms with Crippen LogP contribution < -0.4 is 0 Å². The normalized spacial score (nSPS) is 12.1. The Morgan fingerprint density at radius 2 is 1.71 bits per heavy atom. The number of rotatable bonds is 4. The number of hydrogen-bond donors (Lipinski definition) is 1. The van der Waals surface area contributed by atoms with Gasteiger partial charge in [-0.05, 0) is 38.8 Å². The van der Waals surface area contributed by atoms with Crippen molar-refractivity contribution in [3.8, 4) is 0 Å². The Labute approximate surface area is 125 Å². The van der Waals surface area contributed by atoms with Gasteiger partial charge in [-0.1, -0.05) is 17.7 Å². The van der Waals surface area contributed by atoms with Gasteiger partial charge in [-0.2, -0.15) is 9.40 Å². The van der Waals surface area contributed by atoms with E-state index in [9.17, 15) is 8.42 Å². The monoisotopic (exact) mass is 308 g/mol. The summed E-state index contributed by atoms with van der Waals surface area (Å²) in [7, 11) is -2.03. The van der Waals surface area contributed by atoms with Gasteiger partial charge in [0, 0.05) is 7.05 Å². The number of aryl methyl sites for hydroxylation is 4. The van der Waals surface area contributed by atoms with Gasteiger partial charge in [0.05, 0.1) is 11.4 Å². The average Bonchev–Trinajstić information content (AvgIpc) is 2.72. The Balaban J connectivity index is 2.38. The maximum Gasteiger partial charge on any atom is 0.243 e. The van der Waals surface area contributed by atoms with Gasteiger partial charge in [-0.25, -0.2) is 13.4 Å². The van der Waals surface area contributed by atoms with Crippen molar-refractivity contribution in [3.05, 3.63) is 40.5 Å². The quantitative estimate of drug-likeness (QED) is 0.935. The Hall–Kier alpha value is -1.73. The summed E-state index contributed by atoms with van der Waals surface area (Å²) in [5.74, 6) is 1.12. The van der Waals surface area contributed by atoms with Crippen LogP contribution in [0, 0.1) is 27.7 Å². The lowest BCUT2D eigenvalue weighted by molar-refractivity contribution is 0.456. The van der Waals surface area contributed by atoms with Gasteiger partial charge in [0.1, 0.15) is 5.82 Å². The summed E-state index contributed by atoms with van der Waals surface area (Å²) in [6, 6.07) is 3.76. The zero-order valence-electron chi connectivity index (χ0n) is 12.9. The van der Waals surface area contributed by atoms with Crippen molar-refractivity contribution in [2.75, 3.05) is 7.05 Å². The van der Waals surface area contributed by atoms with Crippen LogP contribution in [-0.2, 0) is 16.6 Å². The predicted octanol–water partition coefficient (Wildman–Crippen LogP) is 1.86. The molecule has 1 aromatic heterocycles. The molecule has 0 aliphatic rings. The molecule has 21 heavy (non-hydrogen) atoms. The van der Waals surface area contributed by atoms with E-state index in [1.54, 1.807) is 14.0 Å². The lowest BCUT2D eigenvalue weighted by Crippen LogP contribution is -2.28. The largest absolute Gasteiger partial charge is 0.263 e. The number of aromatic amines is 1. The van der Waals surface area contributed by atoms with E-state index in [0.717, 1.165) is 16.7 Å². The van der Waals surface area contributed by atoms with Gasteiger partial charge < -0.3 is 0 Å². The molecule has 0 atom stereocenters. The summed E-state index contributed by atoms with van der Waals surface area (Å²) < 4.78 is 26.8. The van der Waals surface area contributed by atoms with E-state index >= 15 is 0 Å². The van der Waals surface area contributed by atoms with Crippen molar-refractivity contribution >= 4 is 10.0 Å². The molecule has 0 amide bonds. The second kappa shape index (κ2) is 5.57. The van der Waals surface area contributed by atoms with Crippen molar-refractivity contribution in [2.24, 2.45) is 0 Å². The molecule has 0 bridgehead atoms. The fourth-order valence-corrected chi connectivity index (χ4v) is 4.00. The van der Waals surface area contributed by atoms with E-state index in [1.165, 1.54) is 4.31 Å². The Morgan fingerprint density at radius 3 is 2.19 bits per heavy atom. The van der Waals surface area contributed by atoms with E-state index in [1.807, 2.05) is 32.9 Å². The molecule has 0 radical (unpaired) electrons. The van der Waals surface area contributed by atoms with Crippen LogP contribution in [0.4, 0.5) is 0 Å². The first-order chi connectivity index (χ1) is 9.71. The molecule has 6 nitrogen and oxygen atoms in total. The molecule has 7 heteroatoms. The van der Waals surface area contributed by atoms with Crippen molar-refractivity contribution in [3.63, 3.8) is 0 Å². The van der Waals surface area contributed by atoms with Crippen LogP contribution in [-0.4, -0.2) is 35.0 Å². The highest BCUT2D eigenvalue weighted by Crippen LogP contribution is 2.25. The number of sulfonamides is 1. The molecular formula is C14H20N4O2S. The molecule has 1 N–H and O–H groups in total. The van der Waals surface area contributed by atoms with Gasteiger partial charge in [-0.3, -0.25) is 5.10 Å². The molecule has 0 aliphatic carbocycles. The minimum absolute atomic E-state index is 0.138. The van der Waals surface area contributed by atoms with Crippen LogP contribution in [0.3, 0.4) is 0 Å². The van der Waals surface area contributed by atoms with Gasteiger partial charge in [0.15, 0.2) is 5.82 Å². The molecule has 0 aliphatic heterocycles. The topological polar surface area (TPSA) is 79.0 Å². The molecule has 114 valence electrons. The minimum atomic E-state index is -3.57. The predicted molar refractivity (Wildman–Crippen MR) is 80.4 cm³/mol. The van der Waals surface area contributed by atoms with E-state index in [4.69, 9.17) is 0 Å². The third kappa shape index (κ3) is 3.14. The fraction of sp³-hybridized carbons (Fsp3) is 0.429. The number of benzene rings is 1. The van der Waals surface area contributed by atoms with Gasteiger partial charge in [0.2, 0.25) is 10.0 Å². The highest BCUT2D eigenvalue weighted by Gasteiger charge is 2.26. The van der Waals surface area contributed by atoms with Gasteiger partial charge in [-0.15, -0.1) is 0 Å². The Kier molecular flexibility index (Phi) is 4.15. The minimum Gasteiger partial charge on any atom is -0.263 e. The summed E-state index contributed by atoms with van der Waals surface area (Å²) in [6.07, 6.45) is 0. The SMILES string of the molecule is Cc1cc(C)c(S(=O)(=O)N(C)Cc2n[nH]c(C)n2)c(C)c1. The second-order valence-corrected chi connectivity index (χ2v) is 7.31. The molecule has 2 aromatic rings. The first-order valence-corrected chi connectivity index (χ1v) is 8.08. The first-order valence-electron chi connectivity index (χ1n) is 6.64. The second-order valence-electron chi connectivity index (χ2n) is 5.33. The van der Waals surface area contributed by atoms with Gasteiger partial charge in [0.25, 0.3) is 0 Å². The van der Waals surface area contributed by atoms with Crippen LogP contribution in [0.1, 0.15) is 28.3 Å². The maximum atomic E-state index is 12.8. The third-order valence-electron chi connectivity index (χ3n) is 3.28. The van der Waals surface area contributed by atoms with Crippen molar-refractivity contribution < 1.29 is 8.42 Å². The summed E-state index contributed by atoms with van der Waals surface area (Å²) in [5, 5.41) is 6.69. The summed E-state index contributed by atoms with van der Waals surface area (Å²) in [6.45, 7) is 7.50. The molecule has 0 spiro atoms. The van der Waals surface area contributed by atoms with Gasteiger partial charge >= 0.3 is 0 Å². The average molecular weight is 308 g/mol. The lowest BCUT2D eigenvalue weighted by Gasteiger charge is -2.19. The number of hydrogen-bond acceptors (Lipinski definition) is 4. The molecule has 1 aromatic carbocycles. The molecule has 0 unspecified atom stereocenters. The zero-order chi connectivity index (χ0) is 15.8. The molecule has 2 rings (SSSR count). The van der Waals surface area contributed by atoms with E-state index in [0.29, 0.717) is 16.5 Å². The number of aromatic nitrogens is 3. The summed E-state index contributed by atoms with van der Waals surface area (Å²) in [4.78, 5) is 4.51. The third-order valence-corrected chi connectivity index (χ3v) is 5.39. The number of nitrogens with one attached hydrogen (secondary N) is 1. The number of nitrogens with zero attached hydrogens (tertiary/aromatic N) is 3. The fourth-order valence-electron chi connectivity index (χ4n) is 2.47. The van der Waals surface area contributed by atoms with Crippen LogP contribution in [0.2, 0.25) is 0 Å². The van der Waals surface area contributed by atoms with Crippen LogP contribution in [0.15, 0.2) is 17.0 Å². The summed E-state index contributed by atoms with van der Waals surface area (Å²) in [5.41, 5.74) is 2.56. The van der Waals surface area contributed by atoms with Crippen molar-refractivity contribution in [2.45, 2.75) is 39.1 Å². The first kappa shape index (κ1) is 15.7. The van der Waals surface area contributed by atoms with Crippen LogP contribution in [0.25, 0.3) is 0 Å². The molecule has 0 saturated carbocycles. The maximum absolute atomic E-state index is 12.8. The standard InChI is InChI=1S/C14H20N4O2S/c1-9-6-10(2)14(11(3)7-9)21(19,20)18(5)8-13-15-12(4)16-17-13/h6-7H,8H2,1-5H3,(H,15,16,17). The van der Waals surface area contributed by atoms with E-state index in [2.05, 4.69) is 15.2 Å². The molecular weight excluding hydrogens is 288 g/mol. The molecule has 0 fully saturated rings. The molecule has 1 heterocycles. The van der Waals surface area contributed by atoms with Crippen LogP contribution >= 0.6 is 0 Å². The Morgan fingerprint density at radius 1 is 1.14 bits per heavy atom. The van der Waals surface area contributed by atoms with Crippen molar-refractivity contribution in [1.82, 2.24) is 19.5 Å². The van der Waals surface area contributed by atoms with Crippen molar-refractivity contribution in [1.29, 1.82) is 0 Å². The van der Waals surface area contributed by atoms with Crippen LogP contribution in [0.5, 0.6) is 0 Å². The lowest BCUT2D eigenvalue weighted by atomic mass is 10.1. The molecule has 0 saturated heterocycles. The summed E-state index contributed by atoms with van der Waals surface area (Å²) >= 11 is 0. The highest BCUT2D eigenvalue weighted by molar-refractivity contribution is 7.89. The van der Waals surface area contributed by atoms with E-state index < -0.39 is 10.0 Å². The Bertz CT molecular complexity index is 742. The van der Waals surface area contributed by atoms with E-state index in [-0.39, 0.29) is 6.54 Å². The smallest absolute Gasteiger partial charge is 0.243 e. The number of H-pyrrole nitrogens is 1.